The van der Waals surface area contributed by atoms with E-state index in [1.165, 1.54) is 4.88 Å². The molecule has 31 heavy (non-hydrogen) atoms. The van der Waals surface area contributed by atoms with Crippen LogP contribution in [0.2, 0.25) is 5.02 Å². The van der Waals surface area contributed by atoms with Crippen LogP contribution in [-0.4, -0.2) is 54.5 Å². The number of amides is 3. The van der Waals surface area contributed by atoms with Crippen molar-refractivity contribution in [1.29, 1.82) is 0 Å². The lowest BCUT2D eigenvalue weighted by Gasteiger charge is -2.37. The van der Waals surface area contributed by atoms with Gasteiger partial charge in [-0.25, -0.2) is 4.79 Å². The summed E-state index contributed by atoms with van der Waals surface area (Å²) >= 11 is 7.68. The van der Waals surface area contributed by atoms with E-state index < -0.39 is 0 Å². The lowest BCUT2D eigenvalue weighted by atomic mass is 10.0. The van der Waals surface area contributed by atoms with E-state index >= 15 is 0 Å². The number of carbonyl (C=O) groups excluding carboxylic acids is 2. The van der Waals surface area contributed by atoms with Crippen LogP contribution in [0.1, 0.15) is 37.3 Å². The summed E-state index contributed by atoms with van der Waals surface area (Å²) in [5.74, 6) is 0.917. The van der Waals surface area contributed by atoms with Gasteiger partial charge in [0.2, 0.25) is 5.91 Å². The zero-order valence-electron chi connectivity index (χ0n) is 18.3. The maximum absolute atomic E-state index is 13.3. The molecule has 0 radical (unpaired) electrons. The molecule has 2 aromatic rings. The second-order valence-corrected chi connectivity index (χ2v) is 9.46. The highest BCUT2D eigenvalue weighted by Gasteiger charge is 2.33. The zero-order valence-corrected chi connectivity index (χ0v) is 19.8. The minimum Gasteiger partial charge on any atom is -0.491 e. The van der Waals surface area contributed by atoms with Gasteiger partial charge < -0.3 is 19.9 Å². The Balaban J connectivity index is 1.75. The van der Waals surface area contributed by atoms with Crippen LogP contribution in [0, 0.1) is 5.92 Å². The molecule has 2 heterocycles. The van der Waals surface area contributed by atoms with Crippen LogP contribution in [0.25, 0.3) is 0 Å². The molecule has 0 saturated carbocycles. The van der Waals surface area contributed by atoms with Crippen molar-refractivity contribution in [2.24, 2.45) is 5.92 Å². The number of benzene rings is 1. The Morgan fingerprint density at radius 2 is 2.03 bits per heavy atom. The molecule has 0 unspecified atom stereocenters. The minimum atomic E-state index is -0.202. The van der Waals surface area contributed by atoms with E-state index in [4.69, 9.17) is 16.3 Å². The lowest BCUT2D eigenvalue weighted by molar-refractivity contribution is -0.135. The van der Waals surface area contributed by atoms with Gasteiger partial charge in [-0.05, 0) is 60.5 Å². The highest BCUT2D eigenvalue weighted by atomic mass is 35.5. The van der Waals surface area contributed by atoms with Crippen molar-refractivity contribution in [3.05, 3.63) is 51.2 Å². The molecular formula is C23H30ClN3O3S. The molecule has 0 saturated heterocycles. The molecule has 0 spiro atoms. The highest BCUT2D eigenvalue weighted by molar-refractivity contribution is 7.10. The van der Waals surface area contributed by atoms with Crippen LogP contribution in [0.4, 0.5) is 4.79 Å². The zero-order chi connectivity index (χ0) is 22.4. The first-order valence-electron chi connectivity index (χ1n) is 10.7. The van der Waals surface area contributed by atoms with Crippen molar-refractivity contribution in [3.63, 3.8) is 0 Å². The standard InChI is InChI=1S/C23H30ClN3O3S/c1-4-25-23(29)26(13-16(2)3)14-22(28)27-11-9-21-19(10-12-31-21)20(27)15-30-18-7-5-17(24)6-8-18/h5-8,10,12,16,20H,4,9,11,13-15H2,1-3H3,(H,25,29)/t20-/m1/s1. The molecular weight excluding hydrogens is 434 g/mol. The third-order valence-corrected chi connectivity index (χ3v) is 6.41. The van der Waals surface area contributed by atoms with E-state index in [2.05, 4.69) is 16.8 Å². The van der Waals surface area contributed by atoms with Gasteiger partial charge in [-0.15, -0.1) is 11.3 Å². The maximum atomic E-state index is 13.3. The van der Waals surface area contributed by atoms with E-state index in [9.17, 15) is 9.59 Å². The van der Waals surface area contributed by atoms with Gasteiger partial charge in [0.25, 0.3) is 0 Å². The average Bonchev–Trinajstić information content (AvgIpc) is 3.21. The monoisotopic (exact) mass is 463 g/mol. The van der Waals surface area contributed by atoms with Crippen LogP contribution in [-0.2, 0) is 11.2 Å². The maximum Gasteiger partial charge on any atom is 0.317 e. The van der Waals surface area contributed by atoms with Crippen LogP contribution < -0.4 is 10.1 Å². The van der Waals surface area contributed by atoms with E-state index in [-0.39, 0.29) is 30.4 Å². The summed E-state index contributed by atoms with van der Waals surface area (Å²) in [4.78, 5) is 30.6. The number of rotatable bonds is 8. The molecule has 0 aliphatic carbocycles. The average molecular weight is 464 g/mol. The molecule has 1 aliphatic rings. The summed E-state index contributed by atoms with van der Waals surface area (Å²) in [5.41, 5.74) is 1.13. The number of fused-ring (bicyclic) bond motifs is 1. The van der Waals surface area contributed by atoms with Crippen molar-refractivity contribution in [3.8, 4) is 5.75 Å². The molecule has 3 amide bonds. The summed E-state index contributed by atoms with van der Waals surface area (Å²) in [6.45, 7) is 8.04. The Morgan fingerprint density at radius 3 is 2.71 bits per heavy atom. The SMILES string of the molecule is CCNC(=O)N(CC(=O)N1CCc2sccc2[C@H]1COc1ccc(Cl)cc1)CC(C)C. The van der Waals surface area contributed by atoms with Gasteiger partial charge in [0.15, 0.2) is 0 Å². The van der Waals surface area contributed by atoms with Crippen LogP contribution in [0.5, 0.6) is 5.75 Å². The van der Waals surface area contributed by atoms with E-state index in [0.29, 0.717) is 37.0 Å². The first kappa shape index (κ1) is 23.4. The van der Waals surface area contributed by atoms with E-state index in [0.717, 1.165) is 12.0 Å². The van der Waals surface area contributed by atoms with Gasteiger partial charge in [0.05, 0.1) is 6.04 Å². The number of thiophene rings is 1. The Morgan fingerprint density at radius 1 is 1.29 bits per heavy atom. The lowest BCUT2D eigenvalue weighted by Crippen LogP contribution is -2.50. The molecule has 1 aromatic carbocycles. The van der Waals surface area contributed by atoms with Crippen molar-refractivity contribution < 1.29 is 14.3 Å². The molecule has 6 nitrogen and oxygen atoms in total. The van der Waals surface area contributed by atoms with Gasteiger partial charge in [0, 0.05) is 29.5 Å². The second-order valence-electron chi connectivity index (χ2n) is 8.03. The first-order valence-corrected chi connectivity index (χ1v) is 11.9. The number of hydrogen-bond acceptors (Lipinski definition) is 4. The molecule has 1 atom stereocenters. The largest absolute Gasteiger partial charge is 0.491 e. The van der Waals surface area contributed by atoms with Crippen LogP contribution >= 0.6 is 22.9 Å². The van der Waals surface area contributed by atoms with E-state index in [1.807, 2.05) is 37.8 Å². The Hall–Kier alpha value is -2.25. The van der Waals surface area contributed by atoms with Gasteiger partial charge in [-0.3, -0.25) is 4.79 Å². The van der Waals surface area contributed by atoms with Gasteiger partial charge in [-0.2, -0.15) is 0 Å². The Labute approximate surface area is 193 Å². The van der Waals surface area contributed by atoms with Crippen molar-refractivity contribution >= 4 is 34.9 Å². The molecule has 0 bridgehead atoms. The predicted octanol–water partition coefficient (Wildman–Crippen LogP) is 4.59. The summed E-state index contributed by atoms with van der Waals surface area (Å²) in [7, 11) is 0. The summed E-state index contributed by atoms with van der Waals surface area (Å²) in [5, 5.41) is 5.53. The molecule has 1 N–H and O–H groups in total. The molecule has 168 valence electrons. The molecule has 3 rings (SSSR count). The smallest absolute Gasteiger partial charge is 0.317 e. The fourth-order valence-electron chi connectivity index (χ4n) is 3.76. The van der Waals surface area contributed by atoms with Gasteiger partial charge in [-0.1, -0.05) is 25.4 Å². The van der Waals surface area contributed by atoms with Gasteiger partial charge >= 0.3 is 6.03 Å². The number of nitrogens with one attached hydrogen (secondary N) is 1. The molecule has 0 fully saturated rings. The fraction of sp³-hybridized carbons (Fsp3) is 0.478. The minimum absolute atomic E-state index is 0.0565. The molecule has 1 aromatic heterocycles. The highest BCUT2D eigenvalue weighted by Crippen LogP contribution is 2.34. The Kier molecular flexibility index (Phi) is 8.21. The van der Waals surface area contributed by atoms with Crippen LogP contribution in [0.3, 0.4) is 0 Å². The summed E-state index contributed by atoms with van der Waals surface area (Å²) in [6.07, 6.45) is 0.821. The Bertz CT molecular complexity index is 884. The summed E-state index contributed by atoms with van der Waals surface area (Å²) in [6, 6.07) is 8.90. The van der Waals surface area contributed by atoms with Crippen molar-refractivity contribution in [1.82, 2.24) is 15.1 Å². The molecule has 1 aliphatic heterocycles. The number of carbonyl (C=O) groups is 2. The van der Waals surface area contributed by atoms with Crippen molar-refractivity contribution in [2.75, 3.05) is 32.8 Å². The first-order chi connectivity index (χ1) is 14.9. The number of hydrogen-bond donors (Lipinski definition) is 1. The van der Waals surface area contributed by atoms with E-state index in [1.54, 1.807) is 28.4 Å². The number of ether oxygens (including phenoxy) is 1. The number of nitrogens with zero attached hydrogens (tertiary/aromatic N) is 2. The predicted molar refractivity (Wildman–Crippen MR) is 125 cm³/mol. The number of halogens is 1. The van der Waals surface area contributed by atoms with Crippen LogP contribution in [0.15, 0.2) is 35.7 Å². The number of urea groups is 1. The third-order valence-electron chi connectivity index (χ3n) is 5.16. The summed E-state index contributed by atoms with van der Waals surface area (Å²) < 4.78 is 6.02. The fourth-order valence-corrected chi connectivity index (χ4v) is 4.81. The normalized spacial score (nSPS) is 15.5. The second kappa shape index (κ2) is 10.9. The quantitative estimate of drug-likeness (QED) is 0.622. The van der Waals surface area contributed by atoms with Crippen molar-refractivity contribution in [2.45, 2.75) is 33.2 Å². The molecule has 8 heteroatoms. The van der Waals surface area contributed by atoms with Gasteiger partial charge in [0.1, 0.15) is 18.9 Å². The third kappa shape index (κ3) is 6.14. The topological polar surface area (TPSA) is 61.9 Å².